The second-order valence-corrected chi connectivity index (χ2v) is 27.3. The molecule has 0 saturated carbocycles. The zero-order chi connectivity index (χ0) is 20.9. The van der Waals surface area contributed by atoms with Gasteiger partial charge in [-0.25, -0.2) is 0 Å². The Hall–Kier alpha value is -0.720. The van der Waals surface area contributed by atoms with Crippen LogP contribution in [0.3, 0.4) is 0 Å². The van der Waals surface area contributed by atoms with Gasteiger partial charge in [-0.1, -0.05) is 0 Å². The molecule has 4 nitrogen and oxygen atoms in total. The van der Waals surface area contributed by atoms with Gasteiger partial charge in [0.05, 0.1) is 0 Å². The maximum absolute atomic E-state index is 12.3. The molecule has 0 aromatic carbocycles. The second-order valence-electron chi connectivity index (χ2n) is 11.2. The Balaban J connectivity index is 4.61. The summed E-state index contributed by atoms with van der Waals surface area (Å²) in [5, 5.41) is 5.97. The number of carbonyl (C=O) groups is 2. The van der Waals surface area contributed by atoms with Gasteiger partial charge in [-0.3, -0.25) is 0 Å². The number of carbonyl (C=O) groups excluding carboxylic acids is 2. The molecule has 0 aromatic rings. The van der Waals surface area contributed by atoms with Crippen molar-refractivity contribution in [1.29, 1.82) is 0 Å². The third-order valence-corrected chi connectivity index (χ3v) is 9.77. The second kappa shape index (κ2) is 8.53. The first-order valence-corrected chi connectivity index (χ1v) is 17.4. The Bertz CT molecular complexity index is 581. The molecular formula is C20H42N2O2P2. The molecule has 26 heavy (non-hydrogen) atoms. The number of hydrogen-bond donors (Lipinski definition) is 2. The first-order chi connectivity index (χ1) is 11.4. The number of nitrogens with one attached hydrogen (secondary N) is 2. The van der Waals surface area contributed by atoms with Crippen molar-refractivity contribution in [3.63, 3.8) is 0 Å². The van der Waals surface area contributed by atoms with Gasteiger partial charge in [0, 0.05) is 0 Å². The molecule has 0 aliphatic carbocycles. The molecule has 0 aliphatic rings. The minimum absolute atomic E-state index is 0.0351. The summed E-state index contributed by atoms with van der Waals surface area (Å²) < 4.78 is 0. The summed E-state index contributed by atoms with van der Waals surface area (Å²) in [6.07, 6.45) is 4.98. The molecular weight excluding hydrogens is 362 g/mol. The van der Waals surface area contributed by atoms with Crippen LogP contribution in [0.4, 0.5) is 0 Å². The van der Waals surface area contributed by atoms with E-state index in [1.54, 1.807) is 6.92 Å². The summed E-state index contributed by atoms with van der Waals surface area (Å²) in [4.78, 5) is 23.9. The standard InChI is InChI=1S/C20H42N2O2P2/c1-17(2)19(23)21-13-16-26(8,9,10)14-11-18(3)20(24)22-12-15-25(4,5,6)7/h11H,1,12-16H2,2-10H3,(H,21,23)(H,22,24)/b18-11+. The van der Waals surface area contributed by atoms with Crippen LogP contribution in [-0.2, 0) is 9.59 Å². The van der Waals surface area contributed by atoms with Crippen molar-refractivity contribution in [3.05, 3.63) is 23.8 Å². The van der Waals surface area contributed by atoms with Crippen molar-refractivity contribution in [2.45, 2.75) is 13.8 Å². The van der Waals surface area contributed by atoms with E-state index in [0.717, 1.165) is 30.6 Å². The van der Waals surface area contributed by atoms with E-state index < -0.39 is 13.2 Å². The van der Waals surface area contributed by atoms with Crippen LogP contribution < -0.4 is 10.6 Å². The third kappa shape index (κ3) is 12.6. The van der Waals surface area contributed by atoms with E-state index in [0.29, 0.717) is 12.1 Å². The topological polar surface area (TPSA) is 58.2 Å². The fraction of sp³-hybridized carbons (Fsp3) is 0.700. The molecule has 0 fully saturated rings. The van der Waals surface area contributed by atoms with Gasteiger partial charge < -0.3 is 0 Å². The first-order valence-electron chi connectivity index (χ1n) is 9.25. The van der Waals surface area contributed by atoms with E-state index >= 15 is 0 Å². The summed E-state index contributed by atoms with van der Waals surface area (Å²) in [6, 6.07) is 0. The van der Waals surface area contributed by atoms with Gasteiger partial charge in [0.15, 0.2) is 0 Å². The molecule has 0 atom stereocenters. The van der Waals surface area contributed by atoms with Crippen molar-refractivity contribution in [3.8, 4) is 0 Å². The SMILES string of the molecule is C=C(C)C(=O)NCCP(C)(C)(C)C/C=C(\C)C(=O)NCCP(C)(C)(C)C. The predicted molar refractivity (Wildman–Crippen MR) is 124 cm³/mol. The maximum atomic E-state index is 12.3. The molecule has 2 amide bonds. The van der Waals surface area contributed by atoms with Crippen LogP contribution in [0, 0.1) is 0 Å². The van der Waals surface area contributed by atoms with Crippen molar-refractivity contribution >= 4 is 25.0 Å². The van der Waals surface area contributed by atoms with Crippen LogP contribution >= 0.6 is 13.2 Å². The Morgan fingerprint density at radius 2 is 1.31 bits per heavy atom. The molecule has 2 N–H and O–H groups in total. The fourth-order valence-corrected chi connectivity index (χ4v) is 5.23. The van der Waals surface area contributed by atoms with Crippen molar-refractivity contribution in [2.75, 3.05) is 78.2 Å². The summed E-state index contributed by atoms with van der Waals surface area (Å²) >= 11 is 0. The van der Waals surface area contributed by atoms with Crippen molar-refractivity contribution in [2.24, 2.45) is 0 Å². The molecule has 154 valence electrons. The molecule has 0 aliphatic heterocycles. The first kappa shape index (κ1) is 25.3. The Morgan fingerprint density at radius 1 is 0.846 bits per heavy atom. The van der Waals surface area contributed by atoms with Gasteiger partial charge in [0.2, 0.25) is 0 Å². The van der Waals surface area contributed by atoms with E-state index in [4.69, 9.17) is 0 Å². The fourth-order valence-electron chi connectivity index (χ4n) is 2.15. The van der Waals surface area contributed by atoms with E-state index in [1.807, 2.05) is 6.92 Å². The van der Waals surface area contributed by atoms with Crippen LogP contribution in [0.1, 0.15) is 13.8 Å². The molecule has 0 radical (unpaired) electrons. The van der Waals surface area contributed by atoms with Crippen LogP contribution in [0.25, 0.3) is 0 Å². The zero-order valence-electron chi connectivity index (χ0n) is 18.5. The number of amides is 2. The van der Waals surface area contributed by atoms with Gasteiger partial charge in [-0.05, 0) is 0 Å². The molecule has 0 unspecified atom stereocenters. The van der Waals surface area contributed by atoms with Crippen LogP contribution in [0.5, 0.6) is 0 Å². The summed E-state index contributed by atoms with van der Waals surface area (Å²) in [6.45, 7) is 21.3. The molecule has 0 saturated heterocycles. The Kier molecular flexibility index (Phi) is 8.29. The Labute approximate surface area is 161 Å². The van der Waals surface area contributed by atoms with E-state index in [2.05, 4.69) is 69.9 Å². The van der Waals surface area contributed by atoms with Gasteiger partial charge in [0.25, 0.3) is 0 Å². The van der Waals surface area contributed by atoms with Crippen LogP contribution in [-0.4, -0.2) is 90.0 Å². The number of allylic oxidation sites excluding steroid dienone is 1. The van der Waals surface area contributed by atoms with Crippen molar-refractivity contribution in [1.82, 2.24) is 10.6 Å². The molecule has 0 aromatic heterocycles. The van der Waals surface area contributed by atoms with Crippen LogP contribution in [0.15, 0.2) is 23.8 Å². The molecule has 0 bridgehead atoms. The average molecular weight is 405 g/mol. The monoisotopic (exact) mass is 404 g/mol. The normalized spacial score (nSPS) is 16.0. The molecule has 0 heterocycles. The minimum atomic E-state index is -1.96. The van der Waals surface area contributed by atoms with Gasteiger partial charge >= 0.3 is 161 Å². The number of hydrogen-bond acceptors (Lipinski definition) is 2. The third-order valence-electron chi connectivity index (χ3n) is 4.34. The average Bonchev–Trinajstić information content (AvgIpc) is 2.41. The summed E-state index contributed by atoms with van der Waals surface area (Å²) in [5.41, 5.74) is 1.32. The van der Waals surface area contributed by atoms with E-state index in [9.17, 15) is 9.59 Å². The van der Waals surface area contributed by atoms with Crippen LogP contribution in [0.2, 0.25) is 0 Å². The summed E-state index contributed by atoms with van der Waals surface area (Å²) in [7, 11) is 0. The predicted octanol–water partition coefficient (Wildman–Crippen LogP) is 3.26. The quantitative estimate of drug-likeness (QED) is 0.434. The van der Waals surface area contributed by atoms with E-state index in [1.165, 1.54) is 0 Å². The van der Waals surface area contributed by atoms with Gasteiger partial charge in [-0.2, -0.15) is 0 Å². The van der Waals surface area contributed by atoms with Gasteiger partial charge in [-0.15, -0.1) is 0 Å². The molecule has 0 spiro atoms. The van der Waals surface area contributed by atoms with Crippen molar-refractivity contribution < 1.29 is 9.59 Å². The number of rotatable bonds is 10. The van der Waals surface area contributed by atoms with E-state index in [-0.39, 0.29) is 11.8 Å². The molecule has 0 rings (SSSR count). The van der Waals surface area contributed by atoms with Gasteiger partial charge in [0.1, 0.15) is 0 Å². The summed E-state index contributed by atoms with van der Waals surface area (Å²) in [5.74, 6) is -0.0492. The molecule has 6 heteroatoms. The Morgan fingerprint density at radius 3 is 1.77 bits per heavy atom. The zero-order valence-corrected chi connectivity index (χ0v) is 20.3.